The van der Waals surface area contributed by atoms with Gasteiger partial charge >= 0.3 is 5.76 Å². The monoisotopic (exact) mass is 392 g/mol. The highest BCUT2D eigenvalue weighted by Gasteiger charge is 2.14. The minimum absolute atomic E-state index is 0.328. The van der Waals surface area contributed by atoms with Gasteiger partial charge in [-0.15, -0.1) is 0 Å². The number of nitriles is 1. The molecule has 0 bridgehead atoms. The lowest BCUT2D eigenvalue weighted by molar-refractivity contribution is 0.0363. The minimum atomic E-state index is -0.496. The molecule has 4 rings (SSSR count). The topological polar surface area (TPSA) is 97.4 Å². The van der Waals surface area contributed by atoms with Crippen LogP contribution in [0.15, 0.2) is 51.7 Å². The molecule has 1 fully saturated rings. The Morgan fingerprint density at radius 2 is 1.79 bits per heavy atom. The summed E-state index contributed by atoms with van der Waals surface area (Å²) in [5.74, 6) is -0.328. The predicted molar refractivity (Wildman–Crippen MR) is 110 cm³/mol. The van der Waals surface area contributed by atoms with Gasteiger partial charge in [-0.3, -0.25) is 9.47 Å². The number of nitrogens with two attached hydrogens (primary N) is 1. The first-order valence-electron chi connectivity index (χ1n) is 9.82. The quantitative estimate of drug-likeness (QED) is 0.689. The molecule has 7 heteroatoms. The number of benzene rings is 2. The first-order valence-corrected chi connectivity index (χ1v) is 9.82. The number of morpholine rings is 1. The second-order valence-electron chi connectivity index (χ2n) is 7.29. The van der Waals surface area contributed by atoms with E-state index in [-0.39, 0.29) is 5.76 Å². The molecular weight excluding hydrogens is 368 g/mol. The standard InChI is InChI=1S/C22H24N4O3/c23-15-19(24)13-16-1-3-17(4-2-16)18-5-6-21-20(14-18)26(22(27)29-21)8-7-25-9-11-28-12-10-25/h1-6,14,19H,7-13,24H2/t19-/m0/s1. The Morgan fingerprint density at radius 1 is 1.07 bits per heavy atom. The van der Waals surface area contributed by atoms with Gasteiger partial charge in [-0.1, -0.05) is 30.3 Å². The van der Waals surface area contributed by atoms with Crippen LogP contribution in [0.4, 0.5) is 0 Å². The second kappa shape index (κ2) is 8.62. The number of rotatable bonds is 6. The first-order chi connectivity index (χ1) is 14.1. The van der Waals surface area contributed by atoms with Crippen LogP contribution >= 0.6 is 0 Å². The van der Waals surface area contributed by atoms with Crippen molar-refractivity contribution in [2.75, 3.05) is 32.8 Å². The van der Waals surface area contributed by atoms with E-state index in [4.69, 9.17) is 20.1 Å². The zero-order valence-electron chi connectivity index (χ0n) is 16.2. The van der Waals surface area contributed by atoms with E-state index in [1.54, 1.807) is 4.57 Å². The molecule has 0 amide bonds. The maximum Gasteiger partial charge on any atom is 0.419 e. The molecule has 0 spiro atoms. The average Bonchev–Trinajstić information content (AvgIpc) is 3.07. The summed E-state index contributed by atoms with van der Waals surface area (Å²) < 4.78 is 12.5. The van der Waals surface area contributed by atoms with Gasteiger partial charge in [0, 0.05) is 32.6 Å². The summed E-state index contributed by atoms with van der Waals surface area (Å²) >= 11 is 0. The molecule has 2 N–H and O–H groups in total. The fourth-order valence-electron chi connectivity index (χ4n) is 3.65. The third-order valence-electron chi connectivity index (χ3n) is 5.32. The molecule has 0 saturated carbocycles. The third-order valence-corrected chi connectivity index (χ3v) is 5.32. The maximum atomic E-state index is 12.3. The molecule has 2 heterocycles. The van der Waals surface area contributed by atoms with E-state index >= 15 is 0 Å². The summed E-state index contributed by atoms with van der Waals surface area (Å²) in [4.78, 5) is 14.6. The molecule has 2 aromatic carbocycles. The molecule has 1 atom stereocenters. The third kappa shape index (κ3) is 4.40. The Bertz CT molecular complexity index is 1070. The van der Waals surface area contributed by atoms with Crippen molar-refractivity contribution >= 4 is 11.1 Å². The van der Waals surface area contributed by atoms with E-state index in [1.165, 1.54) is 0 Å². The highest BCUT2D eigenvalue weighted by molar-refractivity contribution is 5.80. The number of aromatic nitrogens is 1. The van der Waals surface area contributed by atoms with Gasteiger partial charge in [0.2, 0.25) is 0 Å². The van der Waals surface area contributed by atoms with Crippen molar-refractivity contribution in [2.24, 2.45) is 5.73 Å². The zero-order chi connectivity index (χ0) is 20.2. The van der Waals surface area contributed by atoms with Crippen LogP contribution in [-0.2, 0) is 17.7 Å². The van der Waals surface area contributed by atoms with Gasteiger partial charge in [-0.05, 0) is 28.8 Å². The predicted octanol–water partition coefficient (Wildman–Crippen LogP) is 1.99. The van der Waals surface area contributed by atoms with Crippen molar-refractivity contribution in [3.8, 4) is 17.2 Å². The van der Waals surface area contributed by atoms with E-state index in [0.717, 1.165) is 55.1 Å². The van der Waals surface area contributed by atoms with Gasteiger partial charge in [-0.25, -0.2) is 4.79 Å². The number of fused-ring (bicyclic) bond motifs is 1. The molecule has 150 valence electrons. The van der Waals surface area contributed by atoms with E-state index in [9.17, 15) is 4.79 Å². The maximum absolute atomic E-state index is 12.3. The molecule has 0 radical (unpaired) electrons. The van der Waals surface area contributed by atoms with Crippen LogP contribution < -0.4 is 11.5 Å². The van der Waals surface area contributed by atoms with Gasteiger partial charge in [0.05, 0.1) is 30.8 Å². The Labute approximate surface area is 168 Å². The Balaban J connectivity index is 1.56. The normalized spacial score (nSPS) is 16.0. The average molecular weight is 392 g/mol. The van der Waals surface area contributed by atoms with Crippen molar-refractivity contribution in [3.63, 3.8) is 0 Å². The molecule has 1 aromatic heterocycles. The van der Waals surface area contributed by atoms with Gasteiger partial charge in [0.15, 0.2) is 5.58 Å². The van der Waals surface area contributed by atoms with Crippen molar-refractivity contribution in [3.05, 3.63) is 58.6 Å². The lowest BCUT2D eigenvalue weighted by atomic mass is 10.0. The lowest BCUT2D eigenvalue weighted by Gasteiger charge is -2.26. The van der Waals surface area contributed by atoms with Gasteiger partial charge < -0.3 is 14.9 Å². The molecule has 1 saturated heterocycles. The summed E-state index contributed by atoms with van der Waals surface area (Å²) in [5.41, 5.74) is 10.2. The molecular formula is C22H24N4O3. The summed E-state index contributed by atoms with van der Waals surface area (Å²) in [7, 11) is 0. The highest BCUT2D eigenvalue weighted by atomic mass is 16.5. The fourth-order valence-corrected chi connectivity index (χ4v) is 3.65. The van der Waals surface area contributed by atoms with E-state index in [2.05, 4.69) is 4.90 Å². The van der Waals surface area contributed by atoms with Crippen LogP contribution in [0.5, 0.6) is 0 Å². The SMILES string of the molecule is N#C[C@@H](N)Cc1ccc(-c2ccc3oc(=O)n(CCN4CCOCC4)c3c2)cc1. The van der Waals surface area contributed by atoms with Crippen LogP contribution in [-0.4, -0.2) is 48.4 Å². The first kappa shape index (κ1) is 19.4. The Morgan fingerprint density at radius 3 is 2.52 bits per heavy atom. The Hall–Kier alpha value is -2.92. The Kier molecular flexibility index (Phi) is 5.76. The molecule has 3 aromatic rings. The summed E-state index contributed by atoms with van der Waals surface area (Å²) in [6.45, 7) is 4.62. The summed E-state index contributed by atoms with van der Waals surface area (Å²) in [5, 5.41) is 8.86. The molecule has 1 aliphatic rings. The van der Waals surface area contributed by atoms with Crippen LogP contribution in [0.1, 0.15) is 5.56 Å². The number of ether oxygens (including phenoxy) is 1. The lowest BCUT2D eigenvalue weighted by Crippen LogP contribution is -2.38. The van der Waals surface area contributed by atoms with Crippen LogP contribution in [0.2, 0.25) is 0 Å². The minimum Gasteiger partial charge on any atom is -0.408 e. The summed E-state index contributed by atoms with van der Waals surface area (Å²) in [6.07, 6.45) is 0.526. The van der Waals surface area contributed by atoms with Crippen molar-refractivity contribution in [1.29, 1.82) is 5.26 Å². The number of hydrogen-bond acceptors (Lipinski definition) is 6. The van der Waals surface area contributed by atoms with Gasteiger partial charge in [-0.2, -0.15) is 5.26 Å². The molecule has 0 unspecified atom stereocenters. The summed E-state index contributed by atoms with van der Waals surface area (Å²) in [6, 6.07) is 15.3. The van der Waals surface area contributed by atoms with Crippen LogP contribution in [0.25, 0.3) is 22.2 Å². The van der Waals surface area contributed by atoms with Crippen LogP contribution in [0, 0.1) is 11.3 Å². The van der Waals surface area contributed by atoms with Gasteiger partial charge in [0.25, 0.3) is 0 Å². The van der Waals surface area contributed by atoms with Crippen molar-refractivity contribution < 1.29 is 9.15 Å². The van der Waals surface area contributed by atoms with Gasteiger partial charge in [0.1, 0.15) is 0 Å². The molecule has 1 aliphatic heterocycles. The number of oxazole rings is 1. The fraction of sp³-hybridized carbons (Fsp3) is 0.364. The van der Waals surface area contributed by atoms with E-state index < -0.39 is 6.04 Å². The number of nitrogens with zero attached hydrogens (tertiary/aromatic N) is 3. The molecule has 0 aliphatic carbocycles. The zero-order valence-corrected chi connectivity index (χ0v) is 16.2. The smallest absolute Gasteiger partial charge is 0.408 e. The van der Waals surface area contributed by atoms with Crippen LogP contribution in [0.3, 0.4) is 0 Å². The largest absolute Gasteiger partial charge is 0.419 e. The highest BCUT2D eigenvalue weighted by Crippen LogP contribution is 2.25. The number of hydrogen-bond donors (Lipinski definition) is 1. The van der Waals surface area contributed by atoms with Crippen molar-refractivity contribution in [2.45, 2.75) is 19.0 Å². The second-order valence-corrected chi connectivity index (χ2v) is 7.29. The molecule has 29 heavy (non-hydrogen) atoms. The van der Waals surface area contributed by atoms with E-state index in [0.29, 0.717) is 18.5 Å². The van der Waals surface area contributed by atoms with Crippen molar-refractivity contribution in [1.82, 2.24) is 9.47 Å². The molecule has 7 nitrogen and oxygen atoms in total. The van der Waals surface area contributed by atoms with E-state index in [1.807, 2.05) is 48.5 Å².